The Morgan fingerprint density at radius 2 is 2.06 bits per heavy atom. The summed E-state index contributed by atoms with van der Waals surface area (Å²) < 4.78 is 23.8. The van der Waals surface area contributed by atoms with Gasteiger partial charge in [0.05, 0.1) is 18.3 Å². The standard InChI is InChI=1S/C10H17N3O3S/c11-17(15,16)8-6-12-13(7-8)9-4-2-1-3-5-10(9)14/h6-7,9-10,14H,1-5H2,(H2,11,15,16). The molecule has 17 heavy (non-hydrogen) atoms. The molecular formula is C10H17N3O3S. The van der Waals surface area contributed by atoms with Crippen molar-refractivity contribution in [3.05, 3.63) is 12.4 Å². The zero-order valence-corrected chi connectivity index (χ0v) is 10.3. The molecule has 1 aromatic rings. The van der Waals surface area contributed by atoms with Gasteiger partial charge in [-0.3, -0.25) is 4.68 Å². The van der Waals surface area contributed by atoms with Crippen LogP contribution in [0.5, 0.6) is 0 Å². The monoisotopic (exact) mass is 259 g/mol. The molecule has 1 aliphatic carbocycles. The van der Waals surface area contributed by atoms with Crippen LogP contribution in [-0.2, 0) is 10.0 Å². The molecule has 1 heterocycles. The van der Waals surface area contributed by atoms with Crippen molar-refractivity contribution < 1.29 is 13.5 Å². The summed E-state index contributed by atoms with van der Waals surface area (Å²) in [6, 6.07) is -0.145. The van der Waals surface area contributed by atoms with Crippen LogP contribution in [-0.4, -0.2) is 29.4 Å². The number of nitrogens with zero attached hydrogens (tertiary/aromatic N) is 2. The van der Waals surface area contributed by atoms with Crippen LogP contribution in [0.1, 0.15) is 38.1 Å². The number of aromatic nitrogens is 2. The van der Waals surface area contributed by atoms with Crippen LogP contribution < -0.4 is 5.14 Å². The van der Waals surface area contributed by atoms with E-state index in [2.05, 4.69) is 5.10 Å². The SMILES string of the molecule is NS(=O)(=O)c1cnn(C2CCCCCC2O)c1. The Labute approximate surface area is 100 Å². The van der Waals surface area contributed by atoms with Gasteiger partial charge in [-0.15, -0.1) is 0 Å². The van der Waals surface area contributed by atoms with Crippen LogP contribution >= 0.6 is 0 Å². The highest BCUT2D eigenvalue weighted by molar-refractivity contribution is 7.89. The predicted molar refractivity (Wildman–Crippen MR) is 61.7 cm³/mol. The summed E-state index contributed by atoms with van der Waals surface area (Å²) in [5.41, 5.74) is 0. The Bertz CT molecular complexity index is 483. The molecule has 7 heteroatoms. The Morgan fingerprint density at radius 1 is 1.35 bits per heavy atom. The lowest BCUT2D eigenvalue weighted by molar-refractivity contribution is 0.0989. The van der Waals surface area contributed by atoms with Gasteiger partial charge in [-0.2, -0.15) is 5.10 Å². The average Bonchev–Trinajstić information content (AvgIpc) is 2.63. The molecule has 1 aliphatic rings. The minimum Gasteiger partial charge on any atom is -0.391 e. The third kappa shape index (κ3) is 2.85. The minimum atomic E-state index is -3.71. The lowest BCUT2D eigenvalue weighted by Crippen LogP contribution is -2.23. The van der Waals surface area contributed by atoms with E-state index in [4.69, 9.17) is 5.14 Å². The molecule has 0 amide bonds. The smallest absolute Gasteiger partial charge is 0.241 e. The van der Waals surface area contributed by atoms with E-state index in [1.54, 1.807) is 0 Å². The van der Waals surface area contributed by atoms with E-state index in [0.29, 0.717) is 0 Å². The van der Waals surface area contributed by atoms with Crippen LogP contribution in [0.4, 0.5) is 0 Å². The van der Waals surface area contributed by atoms with Crippen LogP contribution in [0.2, 0.25) is 0 Å². The second-order valence-electron chi connectivity index (χ2n) is 4.47. The van der Waals surface area contributed by atoms with E-state index in [1.165, 1.54) is 17.1 Å². The fraction of sp³-hybridized carbons (Fsp3) is 0.700. The van der Waals surface area contributed by atoms with Crippen molar-refractivity contribution in [2.45, 2.75) is 49.1 Å². The van der Waals surface area contributed by atoms with Gasteiger partial charge in [0.1, 0.15) is 4.90 Å². The molecule has 0 spiro atoms. The molecule has 0 bridgehead atoms. The summed E-state index contributed by atoms with van der Waals surface area (Å²) in [6.07, 6.45) is 6.82. The number of nitrogens with two attached hydrogens (primary N) is 1. The highest BCUT2D eigenvalue weighted by Crippen LogP contribution is 2.27. The van der Waals surface area contributed by atoms with Crippen molar-refractivity contribution in [3.8, 4) is 0 Å². The molecule has 0 aliphatic heterocycles. The van der Waals surface area contributed by atoms with Gasteiger partial charge in [-0.1, -0.05) is 19.3 Å². The van der Waals surface area contributed by atoms with Crippen molar-refractivity contribution in [3.63, 3.8) is 0 Å². The molecule has 0 saturated heterocycles. The zero-order chi connectivity index (χ0) is 12.5. The third-order valence-electron chi connectivity index (χ3n) is 3.19. The van der Waals surface area contributed by atoms with E-state index in [1.807, 2.05) is 0 Å². The first-order valence-corrected chi connectivity index (χ1v) is 7.28. The molecule has 96 valence electrons. The molecule has 3 N–H and O–H groups in total. The van der Waals surface area contributed by atoms with Gasteiger partial charge < -0.3 is 5.11 Å². The van der Waals surface area contributed by atoms with Crippen LogP contribution in [0.25, 0.3) is 0 Å². The van der Waals surface area contributed by atoms with Gasteiger partial charge in [0, 0.05) is 6.20 Å². The molecule has 1 aromatic heterocycles. The molecule has 0 radical (unpaired) electrons. The Hall–Kier alpha value is -0.920. The maximum atomic E-state index is 11.1. The van der Waals surface area contributed by atoms with Gasteiger partial charge in [-0.05, 0) is 12.8 Å². The third-order valence-corrected chi connectivity index (χ3v) is 4.06. The first-order valence-electron chi connectivity index (χ1n) is 5.73. The summed E-state index contributed by atoms with van der Waals surface area (Å²) >= 11 is 0. The van der Waals surface area contributed by atoms with Crippen molar-refractivity contribution in [2.75, 3.05) is 0 Å². The number of hydrogen-bond donors (Lipinski definition) is 2. The number of aliphatic hydroxyl groups excluding tert-OH is 1. The zero-order valence-electron chi connectivity index (χ0n) is 9.49. The second-order valence-corrected chi connectivity index (χ2v) is 6.04. The van der Waals surface area contributed by atoms with Crippen molar-refractivity contribution >= 4 is 10.0 Å². The molecule has 1 fully saturated rings. The summed E-state index contributed by atoms with van der Waals surface area (Å²) in [5.74, 6) is 0. The van der Waals surface area contributed by atoms with Crippen LogP contribution in [0, 0.1) is 0 Å². The summed E-state index contributed by atoms with van der Waals surface area (Å²) in [7, 11) is -3.71. The normalized spacial score (nSPS) is 26.7. The van der Waals surface area contributed by atoms with E-state index in [9.17, 15) is 13.5 Å². The number of sulfonamides is 1. The highest BCUT2D eigenvalue weighted by atomic mass is 32.2. The molecule has 1 saturated carbocycles. The summed E-state index contributed by atoms with van der Waals surface area (Å²) in [5, 5.41) is 19.0. The largest absolute Gasteiger partial charge is 0.391 e. The molecule has 6 nitrogen and oxygen atoms in total. The summed E-state index contributed by atoms with van der Waals surface area (Å²) in [6.45, 7) is 0. The van der Waals surface area contributed by atoms with Crippen molar-refractivity contribution in [1.29, 1.82) is 0 Å². The van der Waals surface area contributed by atoms with Gasteiger partial charge >= 0.3 is 0 Å². The summed E-state index contributed by atoms with van der Waals surface area (Å²) in [4.78, 5) is -0.00560. The lowest BCUT2D eigenvalue weighted by Gasteiger charge is -2.20. The Morgan fingerprint density at radius 3 is 2.71 bits per heavy atom. The van der Waals surface area contributed by atoms with Crippen LogP contribution in [0.3, 0.4) is 0 Å². The van der Waals surface area contributed by atoms with E-state index < -0.39 is 16.1 Å². The first-order chi connectivity index (χ1) is 7.98. The topological polar surface area (TPSA) is 98.2 Å². The van der Waals surface area contributed by atoms with Gasteiger partial charge in [0.25, 0.3) is 0 Å². The van der Waals surface area contributed by atoms with Gasteiger partial charge in [-0.25, -0.2) is 13.6 Å². The van der Waals surface area contributed by atoms with E-state index >= 15 is 0 Å². The van der Waals surface area contributed by atoms with E-state index in [0.717, 1.165) is 32.1 Å². The Kier molecular flexibility index (Phi) is 3.50. The number of hydrogen-bond acceptors (Lipinski definition) is 4. The second kappa shape index (κ2) is 4.75. The van der Waals surface area contributed by atoms with E-state index in [-0.39, 0.29) is 10.9 Å². The molecular weight excluding hydrogens is 242 g/mol. The first kappa shape index (κ1) is 12.5. The quantitative estimate of drug-likeness (QED) is 0.751. The fourth-order valence-corrected chi connectivity index (χ4v) is 2.67. The maximum absolute atomic E-state index is 11.1. The molecule has 2 unspecified atom stereocenters. The molecule has 2 atom stereocenters. The van der Waals surface area contributed by atoms with Crippen LogP contribution in [0.15, 0.2) is 17.3 Å². The number of rotatable bonds is 2. The average molecular weight is 259 g/mol. The van der Waals surface area contributed by atoms with Crippen molar-refractivity contribution in [2.24, 2.45) is 5.14 Å². The maximum Gasteiger partial charge on any atom is 0.241 e. The van der Waals surface area contributed by atoms with Gasteiger partial charge in [0.15, 0.2) is 0 Å². The predicted octanol–water partition coefficient (Wildman–Crippen LogP) is 0.397. The molecule has 2 rings (SSSR count). The minimum absolute atomic E-state index is 0.00560. The molecule has 0 aromatic carbocycles. The number of primary sulfonamides is 1. The van der Waals surface area contributed by atoms with Gasteiger partial charge in [0.2, 0.25) is 10.0 Å². The fourth-order valence-electron chi connectivity index (χ4n) is 2.23. The lowest BCUT2D eigenvalue weighted by atomic mass is 10.1. The Balaban J connectivity index is 2.24. The van der Waals surface area contributed by atoms with Crippen molar-refractivity contribution in [1.82, 2.24) is 9.78 Å². The number of aliphatic hydroxyl groups is 1. The highest BCUT2D eigenvalue weighted by Gasteiger charge is 2.24.